The van der Waals surface area contributed by atoms with Gasteiger partial charge in [-0.1, -0.05) is 15.9 Å². The second-order valence-corrected chi connectivity index (χ2v) is 7.02. The van der Waals surface area contributed by atoms with Gasteiger partial charge < -0.3 is 4.74 Å². The number of hydrogen-bond donors (Lipinski definition) is 1. The van der Waals surface area contributed by atoms with Crippen LogP contribution in [0.4, 0.5) is 5.69 Å². The molecule has 0 saturated carbocycles. The number of nitrogens with one attached hydrogen (secondary N) is 1. The van der Waals surface area contributed by atoms with Crippen LogP contribution in [-0.4, -0.2) is 15.0 Å². The third-order valence-corrected chi connectivity index (χ3v) is 5.12. The standard InChI is InChI=1S/C15H13BrN2O3S/c1-11-10-14(6-7-15(11)16)22(19,20)18-12-2-4-13(5-3-12)21-9-8-17/h2-7,10,18H,9H2,1H3. The van der Waals surface area contributed by atoms with Crippen LogP contribution in [0.5, 0.6) is 5.75 Å². The number of aryl methyl sites for hydroxylation is 1. The van der Waals surface area contributed by atoms with Crippen LogP contribution in [0.1, 0.15) is 5.56 Å². The predicted molar refractivity (Wildman–Crippen MR) is 87.2 cm³/mol. The summed E-state index contributed by atoms with van der Waals surface area (Å²) in [6.45, 7) is 1.77. The molecule has 7 heteroatoms. The summed E-state index contributed by atoms with van der Waals surface area (Å²) in [4.78, 5) is 0.193. The lowest BCUT2D eigenvalue weighted by Gasteiger charge is -2.10. The van der Waals surface area contributed by atoms with Gasteiger partial charge in [0, 0.05) is 10.2 Å². The van der Waals surface area contributed by atoms with Gasteiger partial charge in [-0.15, -0.1) is 0 Å². The van der Waals surface area contributed by atoms with Crippen LogP contribution in [0.25, 0.3) is 0 Å². The van der Waals surface area contributed by atoms with Crippen molar-refractivity contribution >= 4 is 31.6 Å². The Hall–Kier alpha value is -2.04. The van der Waals surface area contributed by atoms with E-state index in [4.69, 9.17) is 10.00 Å². The maximum atomic E-state index is 12.3. The lowest BCUT2D eigenvalue weighted by molar-refractivity contribution is 0.368. The van der Waals surface area contributed by atoms with Crippen molar-refractivity contribution in [2.75, 3.05) is 11.3 Å². The summed E-state index contributed by atoms with van der Waals surface area (Å²) in [6, 6.07) is 13.0. The van der Waals surface area contributed by atoms with Crippen molar-refractivity contribution < 1.29 is 13.2 Å². The maximum absolute atomic E-state index is 12.3. The van der Waals surface area contributed by atoms with Crippen molar-refractivity contribution in [1.29, 1.82) is 5.26 Å². The molecule has 1 N–H and O–H groups in total. The summed E-state index contributed by atoms with van der Waals surface area (Å²) in [5.74, 6) is 0.504. The van der Waals surface area contributed by atoms with Gasteiger partial charge in [0.2, 0.25) is 0 Å². The van der Waals surface area contributed by atoms with Crippen molar-refractivity contribution in [3.05, 3.63) is 52.5 Å². The van der Waals surface area contributed by atoms with Crippen LogP contribution < -0.4 is 9.46 Å². The summed E-state index contributed by atoms with van der Waals surface area (Å²) < 4.78 is 33.1. The highest BCUT2D eigenvalue weighted by Gasteiger charge is 2.15. The topological polar surface area (TPSA) is 79.2 Å². The molecule has 114 valence electrons. The lowest BCUT2D eigenvalue weighted by atomic mass is 10.2. The van der Waals surface area contributed by atoms with Crippen LogP contribution in [0.2, 0.25) is 0 Å². The monoisotopic (exact) mass is 380 g/mol. The number of hydrogen-bond acceptors (Lipinski definition) is 4. The summed E-state index contributed by atoms with van der Waals surface area (Å²) in [6.07, 6.45) is 0. The van der Waals surface area contributed by atoms with Crippen molar-refractivity contribution in [2.45, 2.75) is 11.8 Å². The Labute approximate surface area is 137 Å². The summed E-state index contributed by atoms with van der Waals surface area (Å²) in [5, 5.41) is 8.43. The summed E-state index contributed by atoms with van der Waals surface area (Å²) >= 11 is 3.34. The molecular weight excluding hydrogens is 368 g/mol. The summed E-state index contributed by atoms with van der Waals surface area (Å²) in [7, 11) is -3.65. The van der Waals surface area contributed by atoms with Gasteiger partial charge in [0.15, 0.2) is 6.61 Å². The summed E-state index contributed by atoms with van der Waals surface area (Å²) in [5.41, 5.74) is 1.26. The molecule has 0 saturated heterocycles. The minimum atomic E-state index is -3.65. The number of nitriles is 1. The molecule has 0 radical (unpaired) electrons. The Balaban J connectivity index is 2.18. The number of ether oxygens (including phenoxy) is 1. The van der Waals surface area contributed by atoms with Crippen LogP contribution >= 0.6 is 15.9 Å². The van der Waals surface area contributed by atoms with Crippen LogP contribution in [0.3, 0.4) is 0 Å². The molecule has 0 amide bonds. The third-order valence-electron chi connectivity index (χ3n) is 2.85. The normalized spacial score (nSPS) is 10.8. The Kier molecular flexibility index (Phi) is 5.06. The van der Waals surface area contributed by atoms with Crippen LogP contribution in [0, 0.1) is 18.3 Å². The average molecular weight is 381 g/mol. The first-order chi connectivity index (χ1) is 10.4. The van der Waals surface area contributed by atoms with Crippen LogP contribution in [-0.2, 0) is 10.0 Å². The number of nitrogens with zero attached hydrogens (tertiary/aromatic N) is 1. The Bertz CT molecular complexity index is 812. The third kappa shape index (κ3) is 4.00. The molecule has 2 aromatic carbocycles. The van der Waals surface area contributed by atoms with Gasteiger partial charge >= 0.3 is 0 Å². The van der Waals surface area contributed by atoms with E-state index in [2.05, 4.69) is 20.7 Å². The first kappa shape index (κ1) is 16.3. The van der Waals surface area contributed by atoms with Gasteiger partial charge in [0.25, 0.3) is 10.0 Å². The van der Waals surface area contributed by atoms with E-state index in [1.807, 2.05) is 13.0 Å². The molecule has 0 atom stereocenters. The molecule has 0 bridgehead atoms. The van der Waals surface area contributed by atoms with Crippen molar-refractivity contribution in [3.8, 4) is 11.8 Å². The maximum Gasteiger partial charge on any atom is 0.261 e. The first-order valence-corrected chi connectivity index (χ1v) is 8.59. The van der Waals surface area contributed by atoms with E-state index >= 15 is 0 Å². The van der Waals surface area contributed by atoms with Gasteiger partial charge in [-0.05, 0) is 55.0 Å². The highest BCUT2D eigenvalue weighted by molar-refractivity contribution is 9.10. The van der Waals surface area contributed by atoms with Gasteiger partial charge in [-0.3, -0.25) is 4.72 Å². The molecule has 0 spiro atoms. The number of halogens is 1. The molecule has 2 aromatic rings. The Morgan fingerprint density at radius 3 is 2.50 bits per heavy atom. The van der Waals surface area contributed by atoms with E-state index in [9.17, 15) is 8.42 Å². The fraction of sp³-hybridized carbons (Fsp3) is 0.133. The zero-order valence-electron chi connectivity index (χ0n) is 11.7. The molecule has 0 aliphatic rings. The minimum Gasteiger partial charge on any atom is -0.479 e. The lowest BCUT2D eigenvalue weighted by Crippen LogP contribution is -2.13. The van der Waals surface area contributed by atoms with E-state index in [1.54, 1.807) is 36.4 Å². The Morgan fingerprint density at radius 2 is 1.91 bits per heavy atom. The van der Waals surface area contributed by atoms with Crippen molar-refractivity contribution in [1.82, 2.24) is 0 Å². The van der Waals surface area contributed by atoms with E-state index in [1.165, 1.54) is 6.07 Å². The SMILES string of the molecule is Cc1cc(S(=O)(=O)Nc2ccc(OCC#N)cc2)ccc1Br. The van der Waals surface area contributed by atoms with Gasteiger partial charge in [0.05, 0.1) is 4.90 Å². The molecule has 5 nitrogen and oxygen atoms in total. The smallest absolute Gasteiger partial charge is 0.261 e. The first-order valence-electron chi connectivity index (χ1n) is 6.31. The predicted octanol–water partition coefficient (Wildman–Crippen LogP) is 3.46. The zero-order chi connectivity index (χ0) is 16.2. The second kappa shape index (κ2) is 6.81. The fourth-order valence-electron chi connectivity index (χ4n) is 1.73. The molecule has 22 heavy (non-hydrogen) atoms. The Morgan fingerprint density at radius 1 is 1.23 bits per heavy atom. The minimum absolute atomic E-state index is 0.0523. The molecule has 0 aromatic heterocycles. The number of rotatable bonds is 5. The van der Waals surface area contributed by atoms with Crippen molar-refractivity contribution in [3.63, 3.8) is 0 Å². The molecule has 2 rings (SSSR count). The zero-order valence-corrected chi connectivity index (χ0v) is 14.1. The molecule has 0 unspecified atom stereocenters. The van der Waals surface area contributed by atoms with Gasteiger partial charge in [0.1, 0.15) is 11.8 Å². The molecular formula is C15H13BrN2O3S. The quantitative estimate of drug-likeness (QED) is 0.860. The van der Waals surface area contributed by atoms with Gasteiger partial charge in [-0.25, -0.2) is 8.42 Å². The average Bonchev–Trinajstić information content (AvgIpc) is 2.49. The van der Waals surface area contributed by atoms with E-state index in [-0.39, 0.29) is 11.5 Å². The second-order valence-electron chi connectivity index (χ2n) is 4.49. The number of anilines is 1. The van der Waals surface area contributed by atoms with E-state index in [0.717, 1.165) is 10.0 Å². The molecule has 0 aliphatic carbocycles. The van der Waals surface area contributed by atoms with Crippen molar-refractivity contribution in [2.24, 2.45) is 0 Å². The highest BCUT2D eigenvalue weighted by atomic mass is 79.9. The molecule has 0 fully saturated rings. The van der Waals surface area contributed by atoms with E-state index < -0.39 is 10.0 Å². The van der Waals surface area contributed by atoms with E-state index in [0.29, 0.717) is 11.4 Å². The number of benzene rings is 2. The number of sulfonamides is 1. The van der Waals surface area contributed by atoms with Crippen LogP contribution in [0.15, 0.2) is 51.8 Å². The largest absolute Gasteiger partial charge is 0.479 e. The molecule has 0 heterocycles. The van der Waals surface area contributed by atoms with Gasteiger partial charge in [-0.2, -0.15) is 5.26 Å². The highest BCUT2D eigenvalue weighted by Crippen LogP contribution is 2.23. The fourth-order valence-corrected chi connectivity index (χ4v) is 3.12. The molecule has 0 aliphatic heterocycles.